The van der Waals surface area contributed by atoms with E-state index < -0.39 is 0 Å². The van der Waals surface area contributed by atoms with Gasteiger partial charge in [0.05, 0.1) is 0 Å². The summed E-state index contributed by atoms with van der Waals surface area (Å²) < 4.78 is 0. The Balaban J connectivity index is 2.28. The monoisotopic (exact) mass is 252 g/mol. The quantitative estimate of drug-likeness (QED) is 0.559. The Morgan fingerprint density at radius 2 is 2.22 bits per heavy atom. The van der Waals surface area contributed by atoms with Crippen LogP contribution in [0.4, 0.5) is 0 Å². The third kappa shape index (κ3) is 5.21. The summed E-state index contributed by atoms with van der Waals surface area (Å²) in [5.41, 5.74) is 6.78. The highest BCUT2D eigenvalue weighted by Crippen LogP contribution is 2.18. The second-order valence-electron chi connectivity index (χ2n) is 5.47. The fourth-order valence-corrected chi connectivity index (χ4v) is 2.52. The zero-order chi connectivity index (χ0) is 13.4. The highest BCUT2D eigenvalue weighted by molar-refractivity contribution is 5.78. The van der Waals surface area contributed by atoms with Gasteiger partial charge in [0.2, 0.25) is 5.91 Å². The number of piperidine rings is 1. The molecule has 0 saturated carbocycles. The molecule has 1 amide bonds. The van der Waals surface area contributed by atoms with Crippen LogP contribution in [0.3, 0.4) is 0 Å². The molecule has 0 aromatic rings. The number of hydrogen-bond donors (Lipinski definition) is 1. The van der Waals surface area contributed by atoms with Crippen LogP contribution < -0.4 is 5.73 Å². The van der Waals surface area contributed by atoms with E-state index in [0.29, 0.717) is 18.9 Å². The smallest absolute Gasteiger partial charge is 0.226 e. The van der Waals surface area contributed by atoms with Crippen LogP contribution in [0.5, 0.6) is 0 Å². The van der Waals surface area contributed by atoms with Gasteiger partial charge in [-0.25, -0.2) is 0 Å². The van der Waals surface area contributed by atoms with E-state index in [9.17, 15) is 4.79 Å². The highest BCUT2D eigenvalue weighted by atomic mass is 16.2. The zero-order valence-electron chi connectivity index (χ0n) is 11.8. The largest absolute Gasteiger partial charge is 0.342 e. The molecular weight excluding hydrogens is 224 g/mol. The van der Waals surface area contributed by atoms with Crippen LogP contribution >= 0.6 is 0 Å². The Morgan fingerprint density at radius 1 is 1.44 bits per heavy atom. The first-order valence-electron chi connectivity index (χ1n) is 7.31. The summed E-state index contributed by atoms with van der Waals surface area (Å²) in [6.45, 7) is 8.66. The predicted octanol–water partition coefficient (Wildman–Crippen LogP) is 2.71. The first kappa shape index (κ1) is 15.2. The molecule has 1 rings (SSSR count). The van der Waals surface area contributed by atoms with E-state index in [1.54, 1.807) is 0 Å². The molecule has 0 aliphatic carbocycles. The Kier molecular flexibility index (Phi) is 7.02. The van der Waals surface area contributed by atoms with E-state index >= 15 is 0 Å². The van der Waals surface area contributed by atoms with Gasteiger partial charge in [-0.15, -0.1) is 0 Å². The Labute approximate surface area is 111 Å². The number of carbonyl (C=O) groups excluding carboxylic acids is 1. The molecule has 3 nitrogen and oxygen atoms in total. The fraction of sp³-hybridized carbons (Fsp3) is 0.800. The molecule has 0 radical (unpaired) electrons. The standard InChI is InChI=1S/C15H28N2O/c1-3-4-5-7-13(2)10-15(18)17-9-6-8-14(11-16)12-17/h14H,2-12,16H2,1H3. The molecule has 1 atom stereocenters. The molecule has 18 heavy (non-hydrogen) atoms. The maximum atomic E-state index is 12.1. The molecule has 1 unspecified atom stereocenters. The molecule has 0 bridgehead atoms. The minimum absolute atomic E-state index is 0.245. The summed E-state index contributed by atoms with van der Waals surface area (Å²) in [7, 11) is 0. The van der Waals surface area contributed by atoms with Crippen molar-refractivity contribution in [3.63, 3.8) is 0 Å². The molecule has 3 heteroatoms. The lowest BCUT2D eigenvalue weighted by Crippen LogP contribution is -2.42. The second kappa shape index (κ2) is 8.30. The summed E-state index contributed by atoms with van der Waals surface area (Å²) in [5.74, 6) is 0.741. The lowest BCUT2D eigenvalue weighted by molar-refractivity contribution is -0.132. The molecule has 1 saturated heterocycles. The topological polar surface area (TPSA) is 46.3 Å². The van der Waals surface area contributed by atoms with Crippen molar-refractivity contribution in [1.82, 2.24) is 4.90 Å². The van der Waals surface area contributed by atoms with Gasteiger partial charge in [0, 0.05) is 19.5 Å². The van der Waals surface area contributed by atoms with E-state index in [4.69, 9.17) is 5.73 Å². The molecule has 1 aliphatic rings. The third-order valence-electron chi connectivity index (χ3n) is 3.74. The van der Waals surface area contributed by atoms with Gasteiger partial charge >= 0.3 is 0 Å². The van der Waals surface area contributed by atoms with Crippen molar-refractivity contribution < 1.29 is 4.79 Å². The molecule has 1 fully saturated rings. The van der Waals surface area contributed by atoms with Crippen LogP contribution in [0.25, 0.3) is 0 Å². The van der Waals surface area contributed by atoms with E-state index in [1.807, 2.05) is 4.90 Å². The van der Waals surface area contributed by atoms with Crippen molar-refractivity contribution in [2.75, 3.05) is 19.6 Å². The summed E-state index contributed by atoms with van der Waals surface area (Å²) in [5, 5.41) is 0. The molecule has 1 aliphatic heterocycles. The van der Waals surface area contributed by atoms with Crippen molar-refractivity contribution in [3.05, 3.63) is 12.2 Å². The average Bonchev–Trinajstić information content (AvgIpc) is 2.39. The molecule has 0 aromatic carbocycles. The maximum absolute atomic E-state index is 12.1. The van der Waals surface area contributed by atoms with Gasteiger partial charge in [-0.05, 0) is 38.1 Å². The molecule has 0 aromatic heterocycles. The minimum atomic E-state index is 0.245. The van der Waals surface area contributed by atoms with Crippen molar-refractivity contribution in [1.29, 1.82) is 0 Å². The molecule has 0 spiro atoms. The number of nitrogens with zero attached hydrogens (tertiary/aromatic N) is 1. The van der Waals surface area contributed by atoms with Crippen molar-refractivity contribution in [3.8, 4) is 0 Å². The lowest BCUT2D eigenvalue weighted by Gasteiger charge is -2.32. The van der Waals surface area contributed by atoms with Crippen LogP contribution in [0.2, 0.25) is 0 Å². The van der Waals surface area contributed by atoms with Gasteiger partial charge in [0.15, 0.2) is 0 Å². The van der Waals surface area contributed by atoms with Crippen LogP contribution in [0.1, 0.15) is 51.9 Å². The number of likely N-dealkylation sites (tertiary alicyclic amines) is 1. The zero-order valence-corrected chi connectivity index (χ0v) is 11.8. The molecule has 1 heterocycles. The van der Waals surface area contributed by atoms with E-state index in [1.165, 1.54) is 12.8 Å². The SMILES string of the molecule is C=C(CCCCC)CC(=O)N1CCCC(CN)C1. The lowest BCUT2D eigenvalue weighted by atomic mass is 9.97. The van der Waals surface area contributed by atoms with Gasteiger partial charge in [-0.3, -0.25) is 4.79 Å². The van der Waals surface area contributed by atoms with Gasteiger partial charge in [-0.2, -0.15) is 0 Å². The van der Waals surface area contributed by atoms with Crippen molar-refractivity contribution >= 4 is 5.91 Å². The molecule has 104 valence electrons. The van der Waals surface area contributed by atoms with Gasteiger partial charge in [-0.1, -0.05) is 31.9 Å². The predicted molar refractivity (Wildman–Crippen MR) is 76.3 cm³/mol. The maximum Gasteiger partial charge on any atom is 0.226 e. The van der Waals surface area contributed by atoms with E-state index in [-0.39, 0.29) is 5.91 Å². The third-order valence-corrected chi connectivity index (χ3v) is 3.74. The number of amides is 1. The van der Waals surface area contributed by atoms with Crippen molar-refractivity contribution in [2.24, 2.45) is 11.7 Å². The van der Waals surface area contributed by atoms with Gasteiger partial charge in [0.25, 0.3) is 0 Å². The normalized spacial score (nSPS) is 19.9. The minimum Gasteiger partial charge on any atom is -0.342 e. The second-order valence-corrected chi connectivity index (χ2v) is 5.47. The van der Waals surface area contributed by atoms with Crippen molar-refractivity contribution in [2.45, 2.75) is 51.9 Å². The molecular formula is C15H28N2O. The Bertz CT molecular complexity index is 276. The van der Waals surface area contributed by atoms with E-state index in [2.05, 4.69) is 13.5 Å². The van der Waals surface area contributed by atoms with Crippen LogP contribution in [-0.2, 0) is 4.79 Å². The fourth-order valence-electron chi connectivity index (χ4n) is 2.52. The summed E-state index contributed by atoms with van der Waals surface area (Å²) in [6, 6.07) is 0. The first-order chi connectivity index (χ1) is 8.67. The van der Waals surface area contributed by atoms with Gasteiger partial charge < -0.3 is 10.6 Å². The van der Waals surface area contributed by atoms with Gasteiger partial charge in [0.1, 0.15) is 0 Å². The number of hydrogen-bond acceptors (Lipinski definition) is 2. The number of carbonyl (C=O) groups is 1. The van der Waals surface area contributed by atoms with Crippen LogP contribution in [0, 0.1) is 5.92 Å². The average molecular weight is 252 g/mol. The Morgan fingerprint density at radius 3 is 2.89 bits per heavy atom. The van der Waals surface area contributed by atoms with Crippen LogP contribution in [0.15, 0.2) is 12.2 Å². The number of nitrogens with two attached hydrogens (primary N) is 1. The van der Waals surface area contributed by atoms with E-state index in [0.717, 1.165) is 44.3 Å². The Hall–Kier alpha value is -0.830. The highest BCUT2D eigenvalue weighted by Gasteiger charge is 2.22. The summed E-state index contributed by atoms with van der Waals surface area (Å²) in [6.07, 6.45) is 7.38. The van der Waals surface area contributed by atoms with Crippen LogP contribution in [-0.4, -0.2) is 30.4 Å². The number of rotatable bonds is 7. The summed E-state index contributed by atoms with van der Waals surface area (Å²) in [4.78, 5) is 14.1. The number of unbranched alkanes of at least 4 members (excludes halogenated alkanes) is 2. The summed E-state index contributed by atoms with van der Waals surface area (Å²) >= 11 is 0. The first-order valence-corrected chi connectivity index (χ1v) is 7.31. The molecule has 2 N–H and O–H groups in total.